The lowest BCUT2D eigenvalue weighted by atomic mass is 9.92. The van der Waals surface area contributed by atoms with Gasteiger partial charge in [-0.15, -0.1) is 0 Å². The molecule has 0 radical (unpaired) electrons. The maximum atomic E-state index is 12.4. The molecule has 0 amide bonds. The Labute approximate surface area is 301 Å². The quantitative estimate of drug-likeness (QED) is 0.0552. The van der Waals surface area contributed by atoms with Gasteiger partial charge in [0.05, 0.1) is 25.9 Å². The Hall–Kier alpha value is -1.06. The zero-order valence-electron chi connectivity index (χ0n) is 32.4. The van der Waals surface area contributed by atoms with E-state index in [-0.39, 0.29) is 18.7 Å². The van der Waals surface area contributed by atoms with Crippen molar-refractivity contribution in [3.05, 3.63) is 0 Å². The molecule has 2 fully saturated rings. The van der Waals surface area contributed by atoms with Crippen LogP contribution in [-0.2, 0) is 23.8 Å². The highest BCUT2D eigenvalue weighted by atomic mass is 16.7. The lowest BCUT2D eigenvalue weighted by molar-refractivity contribution is -0.180. The summed E-state index contributed by atoms with van der Waals surface area (Å²) in [5.74, 6) is 0.513. The van der Waals surface area contributed by atoms with Crippen LogP contribution in [0.3, 0.4) is 0 Å². The van der Waals surface area contributed by atoms with Crippen molar-refractivity contribution in [1.82, 2.24) is 9.80 Å². The minimum absolute atomic E-state index is 0.0213. The van der Waals surface area contributed by atoms with Gasteiger partial charge in [-0.3, -0.25) is 9.69 Å². The number of aliphatic hydroxyl groups excluding tert-OH is 1. The van der Waals surface area contributed by atoms with Gasteiger partial charge in [0.25, 0.3) is 0 Å². The molecular formula is C41H78N2O6. The number of hydrogen-bond donors (Lipinski definition) is 1. The van der Waals surface area contributed by atoms with Crippen LogP contribution in [-0.4, -0.2) is 97.6 Å². The first-order valence-corrected chi connectivity index (χ1v) is 20.9. The van der Waals surface area contributed by atoms with E-state index in [1.807, 2.05) is 0 Å². The van der Waals surface area contributed by atoms with E-state index >= 15 is 0 Å². The molecule has 0 saturated carbocycles. The summed E-state index contributed by atoms with van der Waals surface area (Å²) in [5.41, 5.74) is 0. The Balaban J connectivity index is 1.65. The maximum absolute atomic E-state index is 12.4. The van der Waals surface area contributed by atoms with Gasteiger partial charge < -0.3 is 29.0 Å². The topological polar surface area (TPSA) is 88.5 Å². The van der Waals surface area contributed by atoms with E-state index in [4.69, 9.17) is 14.2 Å². The number of carbonyl (C=O) groups is 2. The second-order valence-electron chi connectivity index (χ2n) is 15.3. The molecule has 2 atom stereocenters. The van der Waals surface area contributed by atoms with Gasteiger partial charge in [-0.25, -0.2) is 0 Å². The van der Waals surface area contributed by atoms with E-state index < -0.39 is 5.79 Å². The van der Waals surface area contributed by atoms with Crippen LogP contribution in [0.1, 0.15) is 175 Å². The van der Waals surface area contributed by atoms with Gasteiger partial charge in [-0.1, -0.05) is 104 Å². The number of ketones is 1. The number of hydrogen-bond acceptors (Lipinski definition) is 8. The number of carbonyl (C=O) groups excluding carboxylic acids is 2. The summed E-state index contributed by atoms with van der Waals surface area (Å²) in [5, 5.41) is 9.22. The average molecular weight is 695 g/mol. The summed E-state index contributed by atoms with van der Waals surface area (Å²) in [6.07, 6.45) is 26.4. The molecule has 2 heterocycles. The number of unbranched alkanes of at least 4 members (excludes halogenated alkanes) is 12. The molecule has 2 rings (SSSR count). The lowest BCUT2D eigenvalue weighted by Gasteiger charge is -2.34. The van der Waals surface area contributed by atoms with E-state index in [1.54, 1.807) is 6.92 Å². The number of β-amino-alcohol motifs (C(OH)–C–C–N with tert-alkyl or cyclic N) is 1. The molecule has 0 aromatic carbocycles. The van der Waals surface area contributed by atoms with Crippen molar-refractivity contribution in [3.8, 4) is 0 Å². The fraction of sp³-hybridized carbons (Fsp3) is 0.951. The Morgan fingerprint density at radius 2 is 1.29 bits per heavy atom. The summed E-state index contributed by atoms with van der Waals surface area (Å²) >= 11 is 0. The number of rotatable bonds is 32. The fourth-order valence-electron chi connectivity index (χ4n) is 7.55. The Morgan fingerprint density at radius 1 is 0.735 bits per heavy atom. The van der Waals surface area contributed by atoms with Crippen molar-refractivity contribution in [2.75, 3.05) is 59.1 Å². The Bertz CT molecular complexity index is 810. The molecule has 1 N–H and O–H groups in total. The normalized spacial score (nSPS) is 20.4. The molecule has 2 aliphatic heterocycles. The summed E-state index contributed by atoms with van der Waals surface area (Å²) in [6.45, 7) is 13.7. The van der Waals surface area contributed by atoms with Crippen LogP contribution < -0.4 is 0 Å². The summed E-state index contributed by atoms with van der Waals surface area (Å²) in [4.78, 5) is 28.5. The highest BCUT2D eigenvalue weighted by Crippen LogP contribution is 2.36. The van der Waals surface area contributed by atoms with Crippen molar-refractivity contribution in [2.24, 2.45) is 5.92 Å². The first kappa shape index (κ1) is 44.1. The predicted molar refractivity (Wildman–Crippen MR) is 201 cm³/mol. The zero-order valence-corrected chi connectivity index (χ0v) is 32.4. The minimum atomic E-state index is -0.460. The van der Waals surface area contributed by atoms with Crippen LogP contribution in [0.4, 0.5) is 0 Å². The van der Waals surface area contributed by atoms with Gasteiger partial charge in [-0.05, 0) is 51.4 Å². The lowest BCUT2D eigenvalue weighted by Crippen LogP contribution is -2.47. The molecule has 2 unspecified atom stereocenters. The van der Waals surface area contributed by atoms with E-state index in [2.05, 4.69) is 23.6 Å². The maximum Gasteiger partial charge on any atom is 0.305 e. The molecule has 288 valence electrons. The third-order valence-corrected chi connectivity index (χ3v) is 10.8. The van der Waals surface area contributed by atoms with Gasteiger partial charge >= 0.3 is 5.97 Å². The van der Waals surface area contributed by atoms with Crippen LogP contribution in [0.5, 0.6) is 0 Å². The summed E-state index contributed by atoms with van der Waals surface area (Å²) < 4.78 is 18.9. The number of ether oxygens (including phenoxy) is 3. The number of nitrogens with zero attached hydrogens (tertiary/aromatic N) is 2. The summed E-state index contributed by atoms with van der Waals surface area (Å²) in [7, 11) is 0. The van der Waals surface area contributed by atoms with E-state index in [1.165, 1.54) is 51.4 Å². The average Bonchev–Trinajstić information content (AvgIpc) is 3.50. The SMILES string of the molecule is CCCCCC(CCCCC)CCOC(=O)CCCCCCCC1(CCCCCCCC(C)=O)OCC(CCN2CCN(CCO)CC2)O1. The van der Waals surface area contributed by atoms with Crippen LogP contribution >= 0.6 is 0 Å². The second-order valence-corrected chi connectivity index (χ2v) is 15.3. The molecule has 0 spiro atoms. The van der Waals surface area contributed by atoms with Crippen LogP contribution in [0.2, 0.25) is 0 Å². The van der Waals surface area contributed by atoms with Crippen molar-refractivity contribution in [3.63, 3.8) is 0 Å². The monoisotopic (exact) mass is 695 g/mol. The van der Waals surface area contributed by atoms with Crippen LogP contribution in [0, 0.1) is 5.92 Å². The van der Waals surface area contributed by atoms with Gasteiger partial charge in [0.2, 0.25) is 0 Å². The van der Waals surface area contributed by atoms with E-state index in [9.17, 15) is 14.7 Å². The third kappa shape index (κ3) is 21.8. The van der Waals surface area contributed by atoms with Gasteiger partial charge in [0, 0.05) is 65.0 Å². The van der Waals surface area contributed by atoms with E-state index in [0.717, 1.165) is 129 Å². The molecule has 8 heteroatoms. The van der Waals surface area contributed by atoms with Gasteiger partial charge in [-0.2, -0.15) is 0 Å². The highest BCUT2D eigenvalue weighted by Gasteiger charge is 2.40. The van der Waals surface area contributed by atoms with Gasteiger partial charge in [0.1, 0.15) is 5.78 Å². The Kier molecular flexibility index (Phi) is 25.7. The van der Waals surface area contributed by atoms with Gasteiger partial charge in [0.15, 0.2) is 5.79 Å². The predicted octanol–water partition coefficient (Wildman–Crippen LogP) is 8.86. The molecule has 2 aliphatic rings. The second kappa shape index (κ2) is 28.5. The molecule has 49 heavy (non-hydrogen) atoms. The molecule has 0 bridgehead atoms. The number of Topliss-reactive ketones (excluding diaryl/α,β-unsaturated/α-hetero) is 1. The van der Waals surface area contributed by atoms with Crippen LogP contribution in [0.25, 0.3) is 0 Å². The number of esters is 1. The van der Waals surface area contributed by atoms with E-state index in [0.29, 0.717) is 37.8 Å². The van der Waals surface area contributed by atoms with Crippen molar-refractivity contribution >= 4 is 11.8 Å². The van der Waals surface area contributed by atoms with Crippen molar-refractivity contribution in [1.29, 1.82) is 0 Å². The largest absolute Gasteiger partial charge is 0.466 e. The smallest absolute Gasteiger partial charge is 0.305 e. The fourth-order valence-corrected chi connectivity index (χ4v) is 7.55. The number of aliphatic hydroxyl groups is 1. The molecular weight excluding hydrogens is 616 g/mol. The van der Waals surface area contributed by atoms with Crippen molar-refractivity contribution in [2.45, 2.75) is 187 Å². The first-order valence-electron chi connectivity index (χ1n) is 20.9. The molecule has 2 saturated heterocycles. The molecule has 8 nitrogen and oxygen atoms in total. The first-order chi connectivity index (χ1) is 23.9. The molecule has 0 aliphatic carbocycles. The number of piperazine rings is 1. The molecule has 0 aromatic heterocycles. The standard InChI is InChI=1S/C41H78N2O6/c1-4-6-14-21-38(22-15-7-5-2)25-35-47-40(46)23-17-11-9-13-19-27-41(26-18-12-8-10-16-20-37(3)45)48-36-39(49-41)24-28-42-29-31-43(32-30-42)33-34-44/h38-39,44H,4-36H2,1-3H3. The van der Waals surface area contributed by atoms with Crippen LogP contribution in [0.15, 0.2) is 0 Å². The Morgan fingerprint density at radius 3 is 1.86 bits per heavy atom. The summed E-state index contributed by atoms with van der Waals surface area (Å²) in [6, 6.07) is 0. The third-order valence-electron chi connectivity index (χ3n) is 10.8. The minimum Gasteiger partial charge on any atom is -0.466 e. The zero-order chi connectivity index (χ0) is 35.4. The van der Waals surface area contributed by atoms with Crippen molar-refractivity contribution < 1.29 is 28.9 Å². The molecule has 0 aromatic rings. The highest BCUT2D eigenvalue weighted by molar-refractivity contribution is 5.75.